The maximum absolute atomic E-state index is 11.0. The van der Waals surface area contributed by atoms with Crippen LogP contribution in [-0.4, -0.2) is 22.4 Å². The minimum Gasteiger partial charge on any atom is -0.296 e. The Balaban J connectivity index is 2.97. The maximum Gasteiger partial charge on any atom is 0.288 e. The van der Waals surface area contributed by atoms with Crippen molar-refractivity contribution in [2.45, 2.75) is 53.1 Å². The van der Waals surface area contributed by atoms with Crippen LogP contribution in [0, 0.1) is 16.0 Å². The summed E-state index contributed by atoms with van der Waals surface area (Å²) < 4.78 is 0. The summed E-state index contributed by atoms with van der Waals surface area (Å²) in [5.74, 6) is 0.563. The summed E-state index contributed by atoms with van der Waals surface area (Å²) in [5, 5.41) is 11.2. The Bertz CT molecular complexity index is 473. The van der Waals surface area contributed by atoms with Crippen molar-refractivity contribution in [1.29, 1.82) is 0 Å². The third-order valence-corrected chi connectivity index (χ3v) is 3.97. The smallest absolute Gasteiger partial charge is 0.288 e. The zero-order valence-electron chi connectivity index (χ0n) is 13.3. The summed E-state index contributed by atoms with van der Waals surface area (Å²) >= 11 is 5.87. The van der Waals surface area contributed by atoms with Crippen LogP contribution in [0.25, 0.3) is 0 Å². The average Bonchev–Trinajstić information content (AvgIpc) is 2.41. The van der Waals surface area contributed by atoms with Gasteiger partial charge in [-0.15, -0.1) is 0 Å². The molecular formula is C16H25ClN2O2. The molecular weight excluding hydrogens is 288 g/mol. The van der Waals surface area contributed by atoms with Crippen LogP contribution in [0.2, 0.25) is 5.02 Å². The van der Waals surface area contributed by atoms with Gasteiger partial charge in [0.1, 0.15) is 5.02 Å². The quantitative estimate of drug-likeness (QED) is 0.507. The normalized spacial score (nSPS) is 11.6. The molecule has 0 bridgehead atoms. The van der Waals surface area contributed by atoms with Gasteiger partial charge in [0.25, 0.3) is 5.69 Å². The minimum absolute atomic E-state index is 0.0109. The number of benzene rings is 1. The fraction of sp³-hybridized carbons (Fsp3) is 0.625. The third kappa shape index (κ3) is 5.29. The van der Waals surface area contributed by atoms with Crippen LogP contribution in [0.15, 0.2) is 18.2 Å². The van der Waals surface area contributed by atoms with E-state index in [9.17, 15) is 10.1 Å². The van der Waals surface area contributed by atoms with Crippen molar-refractivity contribution in [1.82, 2.24) is 4.90 Å². The molecule has 21 heavy (non-hydrogen) atoms. The van der Waals surface area contributed by atoms with E-state index >= 15 is 0 Å². The molecule has 0 atom stereocenters. The minimum atomic E-state index is -0.421. The molecule has 0 heterocycles. The number of hydrogen-bond donors (Lipinski definition) is 0. The molecule has 0 fully saturated rings. The van der Waals surface area contributed by atoms with Crippen molar-refractivity contribution in [3.63, 3.8) is 0 Å². The van der Waals surface area contributed by atoms with Gasteiger partial charge in [0.05, 0.1) is 4.92 Å². The third-order valence-electron chi connectivity index (χ3n) is 3.65. The number of nitro groups is 1. The predicted molar refractivity (Wildman–Crippen MR) is 87.7 cm³/mol. The van der Waals surface area contributed by atoms with Crippen molar-refractivity contribution in [2.24, 2.45) is 5.92 Å². The Labute approximate surface area is 132 Å². The maximum atomic E-state index is 11.0. The second-order valence-corrected chi connectivity index (χ2v) is 6.24. The lowest BCUT2D eigenvalue weighted by Gasteiger charge is -2.32. The van der Waals surface area contributed by atoms with Crippen molar-refractivity contribution < 1.29 is 4.92 Å². The first-order chi connectivity index (χ1) is 9.88. The second kappa shape index (κ2) is 8.35. The molecule has 0 N–H and O–H groups in total. The van der Waals surface area contributed by atoms with E-state index in [4.69, 9.17) is 11.6 Å². The largest absolute Gasteiger partial charge is 0.296 e. The van der Waals surface area contributed by atoms with Crippen LogP contribution in [0.5, 0.6) is 0 Å². The van der Waals surface area contributed by atoms with Crippen molar-refractivity contribution >= 4 is 17.3 Å². The molecule has 0 radical (unpaired) electrons. The zero-order valence-corrected chi connectivity index (χ0v) is 14.1. The van der Waals surface area contributed by atoms with Gasteiger partial charge in [-0.1, -0.05) is 45.4 Å². The van der Waals surface area contributed by atoms with E-state index in [1.807, 2.05) is 6.07 Å². The highest BCUT2D eigenvalue weighted by Gasteiger charge is 2.19. The zero-order chi connectivity index (χ0) is 16.0. The van der Waals surface area contributed by atoms with Crippen LogP contribution in [-0.2, 0) is 6.54 Å². The predicted octanol–water partition coefficient (Wildman–Crippen LogP) is 4.89. The molecule has 118 valence electrons. The SMILES string of the molecule is CCC(CC)N(Cc1ccc(Cl)c([N+](=O)[O-])c1)CC(C)C. The van der Waals surface area contributed by atoms with Crippen molar-refractivity contribution in [3.8, 4) is 0 Å². The molecule has 0 aliphatic carbocycles. The molecule has 0 aromatic heterocycles. The Kier molecular flexibility index (Phi) is 7.12. The molecule has 1 rings (SSSR count). The van der Waals surface area contributed by atoms with Gasteiger partial charge in [0.15, 0.2) is 0 Å². The molecule has 0 aliphatic heterocycles. The number of nitro benzene ring substituents is 1. The average molecular weight is 313 g/mol. The molecule has 0 saturated heterocycles. The van der Waals surface area contributed by atoms with Crippen LogP contribution >= 0.6 is 11.6 Å². The molecule has 0 saturated carbocycles. The van der Waals surface area contributed by atoms with Crippen LogP contribution in [0.1, 0.15) is 46.1 Å². The molecule has 0 aliphatic rings. The van der Waals surface area contributed by atoms with Crippen molar-refractivity contribution in [2.75, 3.05) is 6.54 Å². The summed E-state index contributed by atoms with van der Waals surface area (Å²) in [6.07, 6.45) is 2.16. The van der Waals surface area contributed by atoms with Crippen LogP contribution in [0.4, 0.5) is 5.69 Å². The summed E-state index contributed by atoms with van der Waals surface area (Å²) in [4.78, 5) is 13.0. The number of nitrogens with zero attached hydrogens (tertiary/aromatic N) is 2. The van der Waals surface area contributed by atoms with Gasteiger partial charge in [-0.3, -0.25) is 15.0 Å². The molecule has 1 aromatic carbocycles. The molecule has 5 heteroatoms. The van der Waals surface area contributed by atoms with Crippen LogP contribution < -0.4 is 0 Å². The van der Waals surface area contributed by atoms with Crippen molar-refractivity contribution in [3.05, 3.63) is 38.9 Å². The van der Waals surface area contributed by atoms with Crippen LogP contribution in [0.3, 0.4) is 0 Å². The number of rotatable bonds is 8. The topological polar surface area (TPSA) is 46.4 Å². The van der Waals surface area contributed by atoms with Gasteiger partial charge >= 0.3 is 0 Å². The molecule has 0 spiro atoms. The van der Waals surface area contributed by atoms with E-state index in [0.717, 1.165) is 31.5 Å². The Hall–Kier alpha value is -1.13. The molecule has 0 amide bonds. The first-order valence-electron chi connectivity index (χ1n) is 7.55. The summed E-state index contributed by atoms with van der Waals surface area (Å²) in [6.45, 7) is 10.5. The van der Waals surface area contributed by atoms with Gasteiger partial charge < -0.3 is 0 Å². The Morgan fingerprint density at radius 2 is 1.90 bits per heavy atom. The van der Waals surface area contributed by atoms with E-state index in [2.05, 4.69) is 32.6 Å². The molecule has 0 unspecified atom stereocenters. The van der Waals surface area contributed by atoms with E-state index in [1.165, 1.54) is 0 Å². The van der Waals surface area contributed by atoms with Gasteiger partial charge in [0.2, 0.25) is 0 Å². The van der Waals surface area contributed by atoms with Gasteiger partial charge in [-0.05, 0) is 30.4 Å². The van der Waals surface area contributed by atoms with E-state index in [0.29, 0.717) is 12.0 Å². The lowest BCUT2D eigenvalue weighted by Crippen LogP contribution is -2.36. The lowest BCUT2D eigenvalue weighted by molar-refractivity contribution is -0.384. The highest BCUT2D eigenvalue weighted by Crippen LogP contribution is 2.26. The fourth-order valence-electron chi connectivity index (χ4n) is 2.65. The van der Waals surface area contributed by atoms with E-state index in [-0.39, 0.29) is 10.7 Å². The monoisotopic (exact) mass is 312 g/mol. The molecule has 1 aromatic rings. The number of halogens is 1. The highest BCUT2D eigenvalue weighted by molar-refractivity contribution is 6.32. The van der Waals surface area contributed by atoms with E-state index in [1.54, 1.807) is 12.1 Å². The van der Waals surface area contributed by atoms with Gasteiger partial charge in [-0.2, -0.15) is 0 Å². The Morgan fingerprint density at radius 3 is 2.38 bits per heavy atom. The summed E-state index contributed by atoms with van der Waals surface area (Å²) in [5.41, 5.74) is 0.932. The number of hydrogen-bond acceptors (Lipinski definition) is 3. The standard InChI is InChI=1S/C16H25ClN2O2/c1-5-14(6-2)18(10-12(3)4)11-13-7-8-15(17)16(9-13)19(20)21/h7-9,12,14H,5-6,10-11H2,1-4H3. The van der Waals surface area contributed by atoms with E-state index < -0.39 is 4.92 Å². The highest BCUT2D eigenvalue weighted by atomic mass is 35.5. The second-order valence-electron chi connectivity index (χ2n) is 5.84. The Morgan fingerprint density at radius 1 is 1.29 bits per heavy atom. The lowest BCUT2D eigenvalue weighted by atomic mass is 10.1. The summed E-state index contributed by atoms with van der Waals surface area (Å²) in [7, 11) is 0. The first kappa shape index (κ1) is 17.9. The molecule has 4 nitrogen and oxygen atoms in total. The fourth-order valence-corrected chi connectivity index (χ4v) is 2.83. The first-order valence-corrected chi connectivity index (χ1v) is 7.93. The summed E-state index contributed by atoms with van der Waals surface area (Å²) in [6, 6.07) is 5.60. The van der Waals surface area contributed by atoms with Gasteiger partial charge in [-0.25, -0.2) is 0 Å². The van der Waals surface area contributed by atoms with Gasteiger partial charge in [0, 0.05) is 25.2 Å².